The summed E-state index contributed by atoms with van der Waals surface area (Å²) in [5.41, 5.74) is 0.391. The smallest absolute Gasteiger partial charge is 0.128 e. The van der Waals surface area contributed by atoms with Crippen molar-refractivity contribution in [2.45, 2.75) is 27.2 Å². The second-order valence-corrected chi connectivity index (χ2v) is 4.39. The van der Waals surface area contributed by atoms with E-state index < -0.39 is 0 Å². The van der Waals surface area contributed by atoms with Crippen molar-refractivity contribution >= 4 is 11.8 Å². The SMILES string of the molecule is CC(C)(C)CCSC[O]. The maximum atomic E-state index is 9.98. The predicted molar refractivity (Wildman–Crippen MR) is 42.1 cm³/mol. The Labute approximate surface area is 61.8 Å². The second kappa shape index (κ2) is 4.18. The first-order valence-electron chi connectivity index (χ1n) is 3.22. The van der Waals surface area contributed by atoms with E-state index in [1.165, 1.54) is 11.8 Å². The third kappa shape index (κ3) is 8.31. The van der Waals surface area contributed by atoms with E-state index >= 15 is 0 Å². The topological polar surface area (TPSA) is 19.9 Å². The molecule has 0 N–H and O–H groups in total. The molecule has 0 aliphatic rings. The molecule has 1 nitrogen and oxygen atoms in total. The van der Waals surface area contributed by atoms with Gasteiger partial charge in [0, 0.05) is 0 Å². The fraction of sp³-hybridized carbons (Fsp3) is 1.00. The fourth-order valence-electron chi connectivity index (χ4n) is 0.437. The maximum Gasteiger partial charge on any atom is 0.128 e. The molecule has 0 aliphatic carbocycles. The van der Waals surface area contributed by atoms with Crippen molar-refractivity contribution in [3.05, 3.63) is 0 Å². The van der Waals surface area contributed by atoms with Crippen LogP contribution in [0.4, 0.5) is 0 Å². The first kappa shape index (κ1) is 9.31. The van der Waals surface area contributed by atoms with Crippen LogP contribution < -0.4 is 0 Å². The van der Waals surface area contributed by atoms with Gasteiger partial charge in [-0.1, -0.05) is 20.8 Å². The van der Waals surface area contributed by atoms with Crippen LogP contribution >= 0.6 is 11.8 Å². The molecule has 0 rings (SSSR count). The Morgan fingerprint density at radius 1 is 1.33 bits per heavy atom. The molecule has 2 heteroatoms. The lowest BCUT2D eigenvalue weighted by Crippen LogP contribution is -2.05. The predicted octanol–water partition coefficient (Wildman–Crippen LogP) is 2.54. The normalized spacial score (nSPS) is 12.0. The van der Waals surface area contributed by atoms with E-state index in [0.29, 0.717) is 5.41 Å². The van der Waals surface area contributed by atoms with Gasteiger partial charge in [0.2, 0.25) is 0 Å². The van der Waals surface area contributed by atoms with Gasteiger partial charge in [0.05, 0.1) is 0 Å². The molecule has 1 radical (unpaired) electrons. The maximum absolute atomic E-state index is 9.98. The quantitative estimate of drug-likeness (QED) is 0.443. The highest BCUT2D eigenvalue weighted by Crippen LogP contribution is 2.20. The minimum atomic E-state index is 0.0100. The average Bonchev–Trinajstić information content (AvgIpc) is 1.63. The molecule has 0 aromatic carbocycles. The van der Waals surface area contributed by atoms with Crippen molar-refractivity contribution in [1.29, 1.82) is 0 Å². The summed E-state index contributed by atoms with van der Waals surface area (Å²) in [5, 5.41) is 9.98. The minimum absolute atomic E-state index is 0.0100. The van der Waals surface area contributed by atoms with Gasteiger partial charge >= 0.3 is 0 Å². The van der Waals surface area contributed by atoms with Gasteiger partial charge in [-0.05, 0) is 17.6 Å². The van der Waals surface area contributed by atoms with Crippen molar-refractivity contribution in [2.24, 2.45) is 5.41 Å². The van der Waals surface area contributed by atoms with Gasteiger partial charge < -0.3 is 0 Å². The van der Waals surface area contributed by atoms with Crippen LogP contribution in [0.3, 0.4) is 0 Å². The van der Waals surface area contributed by atoms with Gasteiger partial charge in [-0.15, -0.1) is 11.8 Å². The zero-order valence-corrected chi connectivity index (χ0v) is 7.25. The fourth-order valence-corrected chi connectivity index (χ4v) is 1.31. The Bertz CT molecular complexity index is 65.8. The summed E-state index contributed by atoms with van der Waals surface area (Å²) >= 11 is 1.48. The molecule has 9 heavy (non-hydrogen) atoms. The molecule has 0 saturated carbocycles. The summed E-state index contributed by atoms with van der Waals surface area (Å²) in [5.74, 6) is 1.02. The first-order chi connectivity index (χ1) is 4.06. The number of hydrogen-bond acceptors (Lipinski definition) is 1. The summed E-state index contributed by atoms with van der Waals surface area (Å²) < 4.78 is 0. The zero-order chi connectivity index (χ0) is 7.33. The summed E-state index contributed by atoms with van der Waals surface area (Å²) in [6.45, 7) is 6.58. The molecular formula is C7H15OS. The van der Waals surface area contributed by atoms with Gasteiger partial charge in [0.15, 0.2) is 0 Å². The molecule has 0 bridgehead atoms. The molecule has 0 saturated heterocycles. The monoisotopic (exact) mass is 147 g/mol. The van der Waals surface area contributed by atoms with Gasteiger partial charge in [0.1, 0.15) is 5.94 Å². The van der Waals surface area contributed by atoms with Crippen LogP contribution in [0.1, 0.15) is 27.2 Å². The minimum Gasteiger partial charge on any atom is -0.225 e. The van der Waals surface area contributed by atoms with E-state index in [1.54, 1.807) is 0 Å². The molecule has 0 aromatic rings. The molecule has 0 heterocycles. The van der Waals surface area contributed by atoms with Gasteiger partial charge in [0.25, 0.3) is 0 Å². The number of rotatable bonds is 3. The summed E-state index contributed by atoms with van der Waals surface area (Å²) in [4.78, 5) is 0. The Morgan fingerprint density at radius 3 is 2.22 bits per heavy atom. The molecule has 0 unspecified atom stereocenters. The largest absolute Gasteiger partial charge is 0.225 e. The zero-order valence-electron chi connectivity index (χ0n) is 6.44. The summed E-state index contributed by atoms with van der Waals surface area (Å²) in [7, 11) is 0. The van der Waals surface area contributed by atoms with Crippen molar-refractivity contribution in [3.8, 4) is 0 Å². The molecular weight excluding hydrogens is 132 g/mol. The van der Waals surface area contributed by atoms with E-state index in [0.717, 1.165) is 12.2 Å². The van der Waals surface area contributed by atoms with Crippen LogP contribution in [0.25, 0.3) is 0 Å². The van der Waals surface area contributed by atoms with Crippen LogP contribution in [0.5, 0.6) is 0 Å². The molecule has 55 valence electrons. The average molecular weight is 147 g/mol. The highest BCUT2D eigenvalue weighted by atomic mass is 32.2. The van der Waals surface area contributed by atoms with Crippen molar-refractivity contribution in [1.82, 2.24) is 0 Å². The Morgan fingerprint density at radius 2 is 1.89 bits per heavy atom. The first-order valence-corrected chi connectivity index (χ1v) is 4.37. The second-order valence-electron chi connectivity index (χ2n) is 3.34. The van der Waals surface area contributed by atoms with E-state index in [1.807, 2.05) is 0 Å². The Kier molecular flexibility index (Phi) is 4.32. The highest BCUT2D eigenvalue weighted by Gasteiger charge is 2.08. The third-order valence-corrected chi connectivity index (χ3v) is 1.74. The Hall–Kier alpha value is 0.310. The van der Waals surface area contributed by atoms with Crippen LogP contribution in [0.15, 0.2) is 0 Å². The molecule has 0 aliphatic heterocycles. The third-order valence-electron chi connectivity index (χ3n) is 1.08. The van der Waals surface area contributed by atoms with Crippen LogP contribution in [0.2, 0.25) is 0 Å². The molecule has 0 aromatic heterocycles. The number of thioether (sulfide) groups is 1. The molecule has 0 amide bonds. The van der Waals surface area contributed by atoms with Gasteiger partial charge in [-0.25, -0.2) is 5.11 Å². The highest BCUT2D eigenvalue weighted by molar-refractivity contribution is 7.99. The lowest BCUT2D eigenvalue weighted by Gasteiger charge is -2.16. The molecule has 0 atom stereocenters. The van der Waals surface area contributed by atoms with Crippen molar-refractivity contribution in [2.75, 3.05) is 11.7 Å². The summed E-state index contributed by atoms with van der Waals surface area (Å²) in [6, 6.07) is 0. The lowest BCUT2D eigenvalue weighted by molar-refractivity contribution is 0.260. The standard InChI is InChI=1S/C7H15OS/c1-7(2,3)4-5-9-6-8/h4-6H2,1-3H3. The van der Waals surface area contributed by atoms with E-state index in [2.05, 4.69) is 20.8 Å². The number of hydrogen-bond donors (Lipinski definition) is 0. The van der Waals surface area contributed by atoms with Crippen LogP contribution in [-0.4, -0.2) is 11.7 Å². The van der Waals surface area contributed by atoms with Crippen molar-refractivity contribution in [3.63, 3.8) is 0 Å². The van der Waals surface area contributed by atoms with E-state index in [-0.39, 0.29) is 5.94 Å². The van der Waals surface area contributed by atoms with E-state index in [9.17, 15) is 5.11 Å². The van der Waals surface area contributed by atoms with Gasteiger partial charge in [-0.3, -0.25) is 0 Å². The molecule has 0 fully saturated rings. The summed E-state index contributed by atoms with van der Waals surface area (Å²) in [6.07, 6.45) is 1.14. The van der Waals surface area contributed by atoms with Crippen LogP contribution in [0, 0.1) is 5.41 Å². The van der Waals surface area contributed by atoms with E-state index in [4.69, 9.17) is 0 Å². The van der Waals surface area contributed by atoms with Gasteiger partial charge in [-0.2, -0.15) is 0 Å². The Balaban J connectivity index is 3.07. The van der Waals surface area contributed by atoms with Crippen LogP contribution in [-0.2, 0) is 5.11 Å². The molecule has 0 spiro atoms. The lowest BCUT2D eigenvalue weighted by atomic mass is 9.94. The van der Waals surface area contributed by atoms with Crippen molar-refractivity contribution < 1.29 is 5.11 Å².